The minimum atomic E-state index is 1.10. The number of fused-ring (bicyclic) bond motifs is 3. The Labute approximate surface area is 89.2 Å². The van der Waals surface area contributed by atoms with Crippen LogP contribution in [0.25, 0.3) is 21.5 Å². The third-order valence-corrected chi connectivity index (χ3v) is 2.86. The second-order valence-corrected chi connectivity index (χ2v) is 3.80. The molecule has 0 bridgehead atoms. The van der Waals surface area contributed by atoms with Crippen molar-refractivity contribution in [3.05, 3.63) is 67.1 Å². The first-order valence-electron chi connectivity index (χ1n) is 5.09. The molecule has 0 nitrogen and oxygen atoms in total. The normalized spacial score (nSPS) is 11.0. The van der Waals surface area contributed by atoms with Crippen molar-refractivity contribution in [3.8, 4) is 0 Å². The fourth-order valence-electron chi connectivity index (χ4n) is 2.14. The van der Waals surface area contributed by atoms with Crippen molar-refractivity contribution in [1.82, 2.24) is 0 Å². The molecule has 0 heteroatoms. The van der Waals surface area contributed by atoms with E-state index < -0.39 is 0 Å². The summed E-state index contributed by atoms with van der Waals surface area (Å²) < 4.78 is 0. The Balaban J connectivity index is 2.64. The Hall–Kier alpha value is -1.82. The highest BCUT2D eigenvalue weighted by molar-refractivity contribution is 6.09. The van der Waals surface area contributed by atoms with E-state index in [1.807, 2.05) is 0 Å². The van der Waals surface area contributed by atoms with Crippen molar-refractivity contribution in [2.75, 3.05) is 0 Å². The first kappa shape index (κ1) is 8.49. The van der Waals surface area contributed by atoms with Gasteiger partial charge in [-0.05, 0) is 34.0 Å². The van der Waals surface area contributed by atoms with Crippen LogP contribution in [-0.2, 0) is 0 Å². The molecule has 0 heterocycles. The third kappa shape index (κ3) is 1.22. The summed E-state index contributed by atoms with van der Waals surface area (Å²) in [6.07, 6.45) is 0. The Kier molecular flexibility index (Phi) is 1.75. The van der Waals surface area contributed by atoms with Gasteiger partial charge in [-0.3, -0.25) is 0 Å². The summed E-state index contributed by atoms with van der Waals surface area (Å²) in [5, 5.41) is 5.11. The van der Waals surface area contributed by atoms with Gasteiger partial charge in [-0.1, -0.05) is 54.6 Å². The van der Waals surface area contributed by atoms with E-state index in [0.29, 0.717) is 0 Å². The van der Waals surface area contributed by atoms with Gasteiger partial charge in [0.25, 0.3) is 0 Å². The smallest absolute Gasteiger partial charge is 0.00732 e. The maximum atomic E-state index is 4.10. The van der Waals surface area contributed by atoms with Crippen LogP contribution >= 0.6 is 0 Å². The molecular weight excluding hydrogens is 180 g/mol. The monoisotopic (exact) mass is 191 g/mol. The molecule has 0 N–H and O–H groups in total. The molecule has 0 saturated carbocycles. The minimum Gasteiger partial charge on any atom is -0.0616 e. The quantitative estimate of drug-likeness (QED) is 0.468. The molecule has 3 aromatic carbocycles. The van der Waals surface area contributed by atoms with Crippen LogP contribution < -0.4 is 0 Å². The van der Waals surface area contributed by atoms with E-state index in [-0.39, 0.29) is 0 Å². The summed E-state index contributed by atoms with van der Waals surface area (Å²) in [6, 6.07) is 19.0. The molecule has 0 aliphatic carbocycles. The molecule has 0 unspecified atom stereocenters. The lowest BCUT2D eigenvalue weighted by atomic mass is 9.99. The van der Waals surface area contributed by atoms with Crippen LogP contribution in [0.4, 0.5) is 0 Å². The van der Waals surface area contributed by atoms with Crippen LogP contribution in [0, 0.1) is 6.92 Å². The van der Waals surface area contributed by atoms with Crippen molar-refractivity contribution in [2.45, 2.75) is 0 Å². The van der Waals surface area contributed by atoms with Crippen LogP contribution in [0.15, 0.2) is 54.6 Å². The second-order valence-electron chi connectivity index (χ2n) is 3.80. The van der Waals surface area contributed by atoms with Gasteiger partial charge in [-0.25, -0.2) is 0 Å². The number of benzene rings is 3. The summed E-state index contributed by atoms with van der Waals surface area (Å²) >= 11 is 0. The molecule has 15 heavy (non-hydrogen) atoms. The molecule has 0 atom stereocenters. The van der Waals surface area contributed by atoms with E-state index in [4.69, 9.17) is 0 Å². The van der Waals surface area contributed by atoms with Crippen LogP contribution in [0.3, 0.4) is 0 Å². The van der Waals surface area contributed by atoms with Crippen LogP contribution in [0.1, 0.15) is 5.56 Å². The van der Waals surface area contributed by atoms with Gasteiger partial charge in [-0.15, -0.1) is 0 Å². The van der Waals surface area contributed by atoms with E-state index in [2.05, 4.69) is 61.5 Å². The van der Waals surface area contributed by atoms with Crippen LogP contribution in [-0.4, -0.2) is 0 Å². The molecule has 0 spiro atoms. The van der Waals surface area contributed by atoms with Crippen molar-refractivity contribution >= 4 is 21.5 Å². The van der Waals surface area contributed by atoms with Gasteiger partial charge in [0.05, 0.1) is 0 Å². The molecule has 0 aromatic heterocycles. The van der Waals surface area contributed by atoms with Crippen LogP contribution in [0.5, 0.6) is 0 Å². The van der Waals surface area contributed by atoms with Crippen molar-refractivity contribution in [1.29, 1.82) is 0 Å². The van der Waals surface area contributed by atoms with Gasteiger partial charge in [0.15, 0.2) is 0 Å². The number of rotatable bonds is 0. The molecule has 0 amide bonds. The van der Waals surface area contributed by atoms with E-state index in [1.54, 1.807) is 0 Å². The Morgan fingerprint density at radius 3 is 2.33 bits per heavy atom. The topological polar surface area (TPSA) is 0 Å². The minimum absolute atomic E-state index is 1.10. The summed E-state index contributed by atoms with van der Waals surface area (Å²) in [5.41, 5.74) is 1.10. The highest BCUT2D eigenvalue weighted by Gasteiger charge is 2.01. The molecule has 3 aromatic rings. The molecular formula is C15H11. The van der Waals surface area contributed by atoms with E-state index >= 15 is 0 Å². The Morgan fingerprint density at radius 2 is 1.40 bits per heavy atom. The Bertz CT molecular complexity index is 636. The van der Waals surface area contributed by atoms with Gasteiger partial charge in [0.1, 0.15) is 0 Å². The fourth-order valence-corrected chi connectivity index (χ4v) is 2.14. The number of hydrogen-bond acceptors (Lipinski definition) is 0. The second kappa shape index (κ2) is 3.09. The predicted molar refractivity (Wildman–Crippen MR) is 65.9 cm³/mol. The predicted octanol–water partition coefficient (Wildman–Crippen LogP) is 4.18. The lowest BCUT2D eigenvalue weighted by Gasteiger charge is -2.06. The lowest BCUT2D eigenvalue weighted by Crippen LogP contribution is -1.80. The zero-order valence-electron chi connectivity index (χ0n) is 8.40. The fraction of sp³-hybridized carbons (Fsp3) is 0. The molecule has 1 radical (unpaired) electrons. The highest BCUT2D eigenvalue weighted by atomic mass is 14.0. The van der Waals surface area contributed by atoms with Gasteiger partial charge in [0, 0.05) is 0 Å². The van der Waals surface area contributed by atoms with Crippen molar-refractivity contribution < 1.29 is 0 Å². The van der Waals surface area contributed by atoms with Gasteiger partial charge >= 0.3 is 0 Å². The molecule has 0 saturated heterocycles. The maximum Gasteiger partial charge on any atom is -0.00732 e. The van der Waals surface area contributed by atoms with E-state index in [9.17, 15) is 0 Å². The molecule has 3 rings (SSSR count). The zero-order valence-corrected chi connectivity index (χ0v) is 8.40. The Morgan fingerprint density at radius 1 is 0.667 bits per heavy atom. The largest absolute Gasteiger partial charge is 0.0616 e. The van der Waals surface area contributed by atoms with Crippen LogP contribution in [0.2, 0.25) is 0 Å². The summed E-state index contributed by atoms with van der Waals surface area (Å²) in [6.45, 7) is 4.10. The van der Waals surface area contributed by atoms with Gasteiger partial charge in [-0.2, -0.15) is 0 Å². The zero-order chi connectivity index (χ0) is 10.3. The van der Waals surface area contributed by atoms with E-state index in [0.717, 1.165) is 5.56 Å². The van der Waals surface area contributed by atoms with Crippen molar-refractivity contribution in [3.63, 3.8) is 0 Å². The summed E-state index contributed by atoms with van der Waals surface area (Å²) in [4.78, 5) is 0. The first-order chi connectivity index (χ1) is 7.36. The molecule has 0 fully saturated rings. The lowest BCUT2D eigenvalue weighted by molar-refractivity contribution is 1.70. The summed E-state index contributed by atoms with van der Waals surface area (Å²) in [5.74, 6) is 0. The standard InChI is InChI=1S/C15H11/c1-11-5-4-7-13-10-9-12-6-2-3-8-14(12)15(11)13/h2-10H,1H2. The average Bonchev–Trinajstić information content (AvgIpc) is 2.29. The van der Waals surface area contributed by atoms with Gasteiger partial charge < -0.3 is 0 Å². The first-order valence-corrected chi connectivity index (χ1v) is 5.09. The molecule has 0 aliphatic rings. The van der Waals surface area contributed by atoms with Gasteiger partial charge in [0.2, 0.25) is 0 Å². The molecule has 0 aliphatic heterocycles. The third-order valence-electron chi connectivity index (χ3n) is 2.86. The summed E-state index contributed by atoms with van der Waals surface area (Å²) in [7, 11) is 0. The molecule has 71 valence electrons. The highest BCUT2D eigenvalue weighted by Crippen LogP contribution is 2.27. The van der Waals surface area contributed by atoms with Crippen molar-refractivity contribution in [2.24, 2.45) is 0 Å². The SMILES string of the molecule is [CH2]c1cccc2ccc3ccccc3c12. The average molecular weight is 191 g/mol. The van der Waals surface area contributed by atoms with E-state index in [1.165, 1.54) is 21.5 Å². The maximum absolute atomic E-state index is 4.10. The number of hydrogen-bond donors (Lipinski definition) is 0.